The number of aryl methyl sites for hydroxylation is 2. The van der Waals surface area contributed by atoms with Crippen molar-refractivity contribution in [3.8, 4) is 0 Å². The molecule has 1 amide bonds. The number of fused-ring (bicyclic) bond motifs is 1. The first kappa shape index (κ1) is 11.8. The van der Waals surface area contributed by atoms with E-state index in [4.69, 9.17) is 0 Å². The zero-order valence-corrected chi connectivity index (χ0v) is 10.1. The summed E-state index contributed by atoms with van der Waals surface area (Å²) in [7, 11) is 0. The SMILES string of the molecule is CC(=O)CC(=O)Nc1ccc2c(c1)CCCC2. The van der Waals surface area contributed by atoms with Gasteiger partial charge in [0.15, 0.2) is 0 Å². The lowest BCUT2D eigenvalue weighted by Crippen LogP contribution is -2.15. The fourth-order valence-corrected chi connectivity index (χ4v) is 2.24. The highest BCUT2D eigenvalue weighted by atomic mass is 16.2. The zero-order valence-electron chi connectivity index (χ0n) is 10.1. The Morgan fingerprint density at radius 3 is 2.59 bits per heavy atom. The maximum Gasteiger partial charge on any atom is 0.231 e. The number of carbonyl (C=O) groups is 2. The van der Waals surface area contributed by atoms with E-state index in [1.54, 1.807) is 0 Å². The van der Waals surface area contributed by atoms with Gasteiger partial charge in [-0.1, -0.05) is 6.07 Å². The smallest absolute Gasteiger partial charge is 0.231 e. The van der Waals surface area contributed by atoms with Crippen LogP contribution in [0, 0.1) is 0 Å². The quantitative estimate of drug-likeness (QED) is 0.812. The third kappa shape index (κ3) is 3.16. The summed E-state index contributed by atoms with van der Waals surface area (Å²) in [6, 6.07) is 6.03. The molecule has 17 heavy (non-hydrogen) atoms. The Kier molecular flexibility index (Phi) is 3.57. The number of anilines is 1. The van der Waals surface area contributed by atoms with Crippen LogP contribution in [0.5, 0.6) is 0 Å². The lowest BCUT2D eigenvalue weighted by atomic mass is 9.91. The van der Waals surface area contributed by atoms with Crippen LogP contribution in [-0.2, 0) is 22.4 Å². The van der Waals surface area contributed by atoms with Gasteiger partial charge in [0.25, 0.3) is 0 Å². The lowest BCUT2D eigenvalue weighted by Gasteiger charge is -2.16. The second-order valence-corrected chi connectivity index (χ2v) is 4.62. The molecule has 1 aromatic carbocycles. The number of hydrogen-bond acceptors (Lipinski definition) is 2. The standard InChI is InChI=1S/C14H17NO2/c1-10(16)8-14(17)15-13-7-6-11-4-2-3-5-12(11)9-13/h6-7,9H,2-5,8H2,1H3,(H,15,17). The molecule has 0 atom stereocenters. The summed E-state index contributed by atoms with van der Waals surface area (Å²) >= 11 is 0. The Hall–Kier alpha value is -1.64. The summed E-state index contributed by atoms with van der Waals surface area (Å²) < 4.78 is 0. The van der Waals surface area contributed by atoms with Gasteiger partial charge < -0.3 is 5.32 Å². The molecule has 1 aliphatic carbocycles. The highest BCUT2D eigenvalue weighted by Gasteiger charge is 2.11. The second-order valence-electron chi connectivity index (χ2n) is 4.62. The molecule has 1 aliphatic rings. The normalized spacial score (nSPS) is 13.9. The van der Waals surface area contributed by atoms with Gasteiger partial charge in [-0.3, -0.25) is 9.59 Å². The zero-order chi connectivity index (χ0) is 12.3. The average molecular weight is 231 g/mol. The van der Waals surface area contributed by atoms with Crippen molar-refractivity contribution in [2.75, 3.05) is 5.32 Å². The summed E-state index contributed by atoms with van der Waals surface area (Å²) in [5.41, 5.74) is 3.52. The van der Waals surface area contributed by atoms with Gasteiger partial charge in [0.05, 0.1) is 6.42 Å². The van der Waals surface area contributed by atoms with Gasteiger partial charge in [-0.25, -0.2) is 0 Å². The van der Waals surface area contributed by atoms with Crippen molar-refractivity contribution in [1.82, 2.24) is 0 Å². The predicted octanol–water partition coefficient (Wildman–Crippen LogP) is 2.48. The van der Waals surface area contributed by atoms with Gasteiger partial charge in [0.2, 0.25) is 5.91 Å². The van der Waals surface area contributed by atoms with E-state index in [1.807, 2.05) is 12.1 Å². The van der Waals surface area contributed by atoms with Gasteiger partial charge in [-0.05, 0) is 55.9 Å². The largest absolute Gasteiger partial charge is 0.326 e. The van der Waals surface area contributed by atoms with Crippen molar-refractivity contribution < 1.29 is 9.59 Å². The Morgan fingerprint density at radius 2 is 1.88 bits per heavy atom. The maximum atomic E-state index is 11.5. The predicted molar refractivity (Wildman–Crippen MR) is 67.0 cm³/mol. The Bertz CT molecular complexity index is 452. The molecule has 0 spiro atoms. The van der Waals surface area contributed by atoms with E-state index in [2.05, 4.69) is 11.4 Å². The second kappa shape index (κ2) is 5.13. The molecule has 0 bridgehead atoms. The van der Waals surface area contributed by atoms with E-state index >= 15 is 0 Å². The van der Waals surface area contributed by atoms with Crippen LogP contribution in [0.25, 0.3) is 0 Å². The fourth-order valence-electron chi connectivity index (χ4n) is 2.24. The minimum absolute atomic E-state index is 0.0446. The van der Waals surface area contributed by atoms with Crippen molar-refractivity contribution in [2.45, 2.75) is 39.0 Å². The van der Waals surface area contributed by atoms with E-state index in [9.17, 15) is 9.59 Å². The first-order chi connectivity index (χ1) is 8.15. The summed E-state index contributed by atoms with van der Waals surface area (Å²) in [5.74, 6) is -0.339. The highest BCUT2D eigenvalue weighted by molar-refractivity contribution is 6.03. The summed E-state index contributed by atoms with van der Waals surface area (Å²) in [6.07, 6.45) is 4.65. The van der Waals surface area contributed by atoms with Crippen molar-refractivity contribution in [3.05, 3.63) is 29.3 Å². The van der Waals surface area contributed by atoms with E-state index in [1.165, 1.54) is 30.9 Å². The number of carbonyl (C=O) groups excluding carboxylic acids is 2. The first-order valence-electron chi connectivity index (χ1n) is 6.06. The van der Waals surface area contributed by atoms with Crippen LogP contribution in [-0.4, -0.2) is 11.7 Å². The molecular weight excluding hydrogens is 214 g/mol. The molecule has 0 saturated carbocycles. The maximum absolute atomic E-state index is 11.5. The Labute approximate surface area is 101 Å². The molecule has 0 aromatic heterocycles. The number of nitrogens with one attached hydrogen (secondary N) is 1. The van der Waals surface area contributed by atoms with Crippen LogP contribution in [0.3, 0.4) is 0 Å². The van der Waals surface area contributed by atoms with Crippen LogP contribution in [0.2, 0.25) is 0 Å². The van der Waals surface area contributed by atoms with Crippen LogP contribution in [0.15, 0.2) is 18.2 Å². The molecule has 90 valence electrons. The van der Waals surface area contributed by atoms with E-state index in [0.29, 0.717) is 0 Å². The molecule has 1 N–H and O–H groups in total. The molecule has 0 fully saturated rings. The third-order valence-electron chi connectivity index (χ3n) is 3.04. The fraction of sp³-hybridized carbons (Fsp3) is 0.429. The van der Waals surface area contributed by atoms with Crippen LogP contribution < -0.4 is 5.32 Å². The van der Waals surface area contributed by atoms with Crippen molar-refractivity contribution >= 4 is 17.4 Å². The molecular formula is C14H17NO2. The van der Waals surface area contributed by atoms with Gasteiger partial charge in [0, 0.05) is 5.69 Å². The first-order valence-corrected chi connectivity index (χ1v) is 6.06. The van der Waals surface area contributed by atoms with E-state index in [0.717, 1.165) is 18.5 Å². The summed E-state index contributed by atoms with van der Waals surface area (Å²) in [4.78, 5) is 22.3. The number of rotatable bonds is 3. The van der Waals surface area contributed by atoms with E-state index < -0.39 is 0 Å². The monoisotopic (exact) mass is 231 g/mol. The summed E-state index contributed by atoms with van der Waals surface area (Å²) in [6.45, 7) is 1.42. The molecule has 0 aliphatic heterocycles. The molecule has 3 nitrogen and oxygen atoms in total. The molecule has 0 radical (unpaired) electrons. The molecule has 0 heterocycles. The molecule has 3 heteroatoms. The van der Waals surface area contributed by atoms with E-state index in [-0.39, 0.29) is 18.1 Å². The number of Topliss-reactive ketones (excluding diaryl/α,β-unsaturated/α-hetero) is 1. The van der Waals surface area contributed by atoms with Gasteiger partial charge >= 0.3 is 0 Å². The Morgan fingerprint density at radius 1 is 1.18 bits per heavy atom. The lowest BCUT2D eigenvalue weighted by molar-refractivity contribution is -0.124. The minimum Gasteiger partial charge on any atom is -0.326 e. The third-order valence-corrected chi connectivity index (χ3v) is 3.04. The highest BCUT2D eigenvalue weighted by Crippen LogP contribution is 2.24. The summed E-state index contributed by atoms with van der Waals surface area (Å²) in [5, 5.41) is 2.76. The Balaban J connectivity index is 2.07. The number of amides is 1. The van der Waals surface area contributed by atoms with Gasteiger partial charge in [0.1, 0.15) is 5.78 Å². The van der Waals surface area contributed by atoms with Crippen molar-refractivity contribution in [3.63, 3.8) is 0 Å². The molecule has 1 aromatic rings. The topological polar surface area (TPSA) is 46.2 Å². The van der Waals surface area contributed by atoms with Crippen LogP contribution in [0.1, 0.15) is 37.3 Å². The number of ketones is 1. The molecule has 0 saturated heterocycles. The molecule has 2 rings (SSSR count). The van der Waals surface area contributed by atoms with Gasteiger partial charge in [-0.15, -0.1) is 0 Å². The van der Waals surface area contributed by atoms with Crippen LogP contribution >= 0.6 is 0 Å². The van der Waals surface area contributed by atoms with Crippen LogP contribution in [0.4, 0.5) is 5.69 Å². The number of benzene rings is 1. The minimum atomic E-state index is -0.228. The van der Waals surface area contributed by atoms with Crippen molar-refractivity contribution in [2.24, 2.45) is 0 Å². The average Bonchev–Trinajstić information content (AvgIpc) is 2.27. The molecule has 0 unspecified atom stereocenters. The van der Waals surface area contributed by atoms with Gasteiger partial charge in [-0.2, -0.15) is 0 Å². The van der Waals surface area contributed by atoms with Crippen molar-refractivity contribution in [1.29, 1.82) is 0 Å². The number of hydrogen-bond donors (Lipinski definition) is 1.